The van der Waals surface area contributed by atoms with Gasteiger partial charge in [0.2, 0.25) is 0 Å². The fourth-order valence-corrected chi connectivity index (χ4v) is 1.64. The van der Waals surface area contributed by atoms with Crippen LogP contribution in [-0.2, 0) is 0 Å². The summed E-state index contributed by atoms with van der Waals surface area (Å²) in [6, 6.07) is 0. The monoisotopic (exact) mass is 187 g/mol. The molecule has 0 aromatic carbocycles. The normalized spacial score (nSPS) is 12.5. The van der Waals surface area contributed by atoms with Gasteiger partial charge in [-0.1, -0.05) is 13.8 Å². The van der Waals surface area contributed by atoms with E-state index < -0.39 is 0 Å². The van der Waals surface area contributed by atoms with E-state index in [0.29, 0.717) is 0 Å². The minimum absolute atomic E-state index is 1.17. The molecule has 0 aliphatic heterocycles. The van der Waals surface area contributed by atoms with E-state index in [-0.39, 0.29) is 0 Å². The van der Waals surface area contributed by atoms with E-state index in [1.807, 2.05) is 0 Å². The Morgan fingerprint density at radius 1 is 1.08 bits per heavy atom. The van der Waals surface area contributed by atoms with Crippen LogP contribution in [0.3, 0.4) is 0 Å². The zero-order valence-corrected chi connectivity index (χ0v) is 10.1. The fourth-order valence-electron chi connectivity index (χ4n) is 1.64. The third-order valence-electron chi connectivity index (χ3n) is 2.67. The number of hydrogen-bond acceptors (Lipinski definition) is 1. The van der Waals surface area contributed by atoms with Crippen LogP contribution >= 0.6 is 0 Å². The van der Waals surface area contributed by atoms with Gasteiger partial charge in [-0.05, 0) is 20.0 Å². The van der Waals surface area contributed by atoms with Crippen molar-refractivity contribution in [3.8, 4) is 0 Å². The molecule has 0 spiro atoms. The van der Waals surface area contributed by atoms with Crippen LogP contribution in [0.15, 0.2) is 0 Å². The maximum Gasteiger partial charge on any atom is 0.0794 e. The fraction of sp³-hybridized carbons (Fsp3) is 1.00. The van der Waals surface area contributed by atoms with E-state index in [1.54, 1.807) is 0 Å². The SMILES string of the molecule is CCC[N+](C)(C)CCCN(C)CC. The van der Waals surface area contributed by atoms with Gasteiger partial charge in [0, 0.05) is 13.0 Å². The summed E-state index contributed by atoms with van der Waals surface area (Å²) < 4.78 is 1.17. The van der Waals surface area contributed by atoms with Crippen LogP contribution in [0.5, 0.6) is 0 Å². The minimum Gasteiger partial charge on any atom is -0.328 e. The van der Waals surface area contributed by atoms with Gasteiger partial charge in [-0.3, -0.25) is 0 Å². The van der Waals surface area contributed by atoms with Crippen molar-refractivity contribution in [3.05, 3.63) is 0 Å². The number of quaternary nitrogens is 1. The molecular formula is C11H27N2+. The molecule has 0 saturated carbocycles. The zero-order chi connectivity index (χ0) is 10.3. The van der Waals surface area contributed by atoms with Crippen LogP contribution in [0.2, 0.25) is 0 Å². The first kappa shape index (κ1) is 12.9. The van der Waals surface area contributed by atoms with Crippen LogP contribution in [0, 0.1) is 0 Å². The van der Waals surface area contributed by atoms with E-state index in [0.717, 1.165) is 0 Å². The average molecular weight is 187 g/mol. The van der Waals surface area contributed by atoms with Crippen molar-refractivity contribution in [3.63, 3.8) is 0 Å². The molecule has 0 radical (unpaired) electrons. The summed E-state index contributed by atoms with van der Waals surface area (Å²) in [6.45, 7) is 9.49. The highest BCUT2D eigenvalue weighted by Crippen LogP contribution is 2.01. The summed E-state index contributed by atoms with van der Waals surface area (Å²) in [5, 5.41) is 0. The molecule has 0 saturated heterocycles. The quantitative estimate of drug-likeness (QED) is 0.550. The lowest BCUT2D eigenvalue weighted by Gasteiger charge is -2.30. The van der Waals surface area contributed by atoms with Crippen molar-refractivity contribution in [2.24, 2.45) is 0 Å². The van der Waals surface area contributed by atoms with Crippen LogP contribution in [0.1, 0.15) is 26.7 Å². The Balaban J connectivity index is 3.50. The minimum atomic E-state index is 1.17. The molecule has 0 aromatic rings. The Hall–Kier alpha value is -0.0800. The summed E-state index contributed by atoms with van der Waals surface area (Å²) in [6.07, 6.45) is 2.61. The molecule has 13 heavy (non-hydrogen) atoms. The molecular weight excluding hydrogens is 160 g/mol. The van der Waals surface area contributed by atoms with Gasteiger partial charge in [0.15, 0.2) is 0 Å². The molecule has 0 fully saturated rings. The molecule has 0 N–H and O–H groups in total. The van der Waals surface area contributed by atoms with Gasteiger partial charge in [0.1, 0.15) is 0 Å². The second-order valence-electron chi connectivity index (χ2n) is 4.63. The summed E-state index contributed by atoms with van der Waals surface area (Å²) in [7, 11) is 6.85. The third kappa shape index (κ3) is 7.03. The molecule has 0 aliphatic rings. The molecule has 0 atom stereocenters. The van der Waals surface area contributed by atoms with Crippen LogP contribution in [0.4, 0.5) is 0 Å². The Morgan fingerprint density at radius 3 is 2.15 bits per heavy atom. The topological polar surface area (TPSA) is 3.24 Å². The van der Waals surface area contributed by atoms with Gasteiger partial charge >= 0.3 is 0 Å². The molecule has 2 nitrogen and oxygen atoms in total. The van der Waals surface area contributed by atoms with Crippen molar-refractivity contribution in [1.82, 2.24) is 4.90 Å². The lowest BCUT2D eigenvalue weighted by Crippen LogP contribution is -2.42. The lowest BCUT2D eigenvalue weighted by atomic mass is 10.3. The van der Waals surface area contributed by atoms with Crippen molar-refractivity contribution >= 4 is 0 Å². The van der Waals surface area contributed by atoms with Gasteiger partial charge in [-0.2, -0.15) is 0 Å². The van der Waals surface area contributed by atoms with Crippen LogP contribution < -0.4 is 0 Å². The Kier molecular flexibility index (Phi) is 6.35. The van der Waals surface area contributed by atoms with E-state index in [2.05, 4.69) is 39.9 Å². The number of rotatable bonds is 7. The third-order valence-corrected chi connectivity index (χ3v) is 2.67. The summed E-state index contributed by atoms with van der Waals surface area (Å²) >= 11 is 0. The average Bonchev–Trinajstić information content (AvgIpc) is 2.03. The highest BCUT2D eigenvalue weighted by Gasteiger charge is 2.12. The second-order valence-corrected chi connectivity index (χ2v) is 4.63. The standard InChI is InChI=1S/C11H27N2/c1-6-10-13(4,5)11-8-9-12(3)7-2/h6-11H2,1-5H3/q+1. The second kappa shape index (κ2) is 6.39. The molecule has 0 aromatic heterocycles. The molecule has 0 rings (SSSR count). The molecule has 0 amide bonds. The Morgan fingerprint density at radius 2 is 1.69 bits per heavy atom. The first-order valence-electron chi connectivity index (χ1n) is 5.52. The molecule has 0 unspecified atom stereocenters. The highest BCUT2D eigenvalue weighted by atomic mass is 15.3. The molecule has 0 bridgehead atoms. The Labute approximate surface area is 84.1 Å². The van der Waals surface area contributed by atoms with Crippen LogP contribution in [0.25, 0.3) is 0 Å². The number of hydrogen-bond donors (Lipinski definition) is 0. The Bertz CT molecular complexity index is 121. The van der Waals surface area contributed by atoms with E-state index in [9.17, 15) is 0 Å². The van der Waals surface area contributed by atoms with Gasteiger partial charge in [0.05, 0.1) is 27.2 Å². The van der Waals surface area contributed by atoms with Gasteiger partial charge in [-0.25, -0.2) is 0 Å². The zero-order valence-electron chi connectivity index (χ0n) is 10.1. The van der Waals surface area contributed by atoms with Gasteiger partial charge in [-0.15, -0.1) is 0 Å². The smallest absolute Gasteiger partial charge is 0.0794 e. The van der Waals surface area contributed by atoms with Crippen molar-refractivity contribution in [1.29, 1.82) is 0 Å². The van der Waals surface area contributed by atoms with Crippen LogP contribution in [-0.4, -0.2) is 56.7 Å². The number of nitrogens with zero attached hydrogens (tertiary/aromatic N) is 2. The summed E-state index contributed by atoms with van der Waals surface area (Å²) in [4.78, 5) is 2.38. The predicted octanol–water partition coefficient (Wildman–Crippen LogP) is 1.81. The van der Waals surface area contributed by atoms with Crippen molar-refractivity contribution in [2.45, 2.75) is 26.7 Å². The molecule has 0 aliphatic carbocycles. The maximum absolute atomic E-state index is 2.38. The van der Waals surface area contributed by atoms with E-state index in [4.69, 9.17) is 0 Å². The first-order chi connectivity index (χ1) is 6.02. The van der Waals surface area contributed by atoms with Gasteiger partial charge in [0.25, 0.3) is 0 Å². The molecule has 80 valence electrons. The highest BCUT2D eigenvalue weighted by molar-refractivity contribution is 4.47. The molecule has 2 heteroatoms. The largest absolute Gasteiger partial charge is 0.328 e. The van der Waals surface area contributed by atoms with Gasteiger partial charge < -0.3 is 9.38 Å². The predicted molar refractivity (Wildman–Crippen MR) is 59.9 cm³/mol. The van der Waals surface area contributed by atoms with Crippen molar-refractivity contribution in [2.75, 3.05) is 47.3 Å². The molecule has 0 heterocycles. The van der Waals surface area contributed by atoms with Crippen molar-refractivity contribution < 1.29 is 4.48 Å². The van der Waals surface area contributed by atoms with E-state index >= 15 is 0 Å². The first-order valence-corrected chi connectivity index (χ1v) is 5.52. The summed E-state index contributed by atoms with van der Waals surface area (Å²) in [5.41, 5.74) is 0. The lowest BCUT2D eigenvalue weighted by molar-refractivity contribution is -0.890. The van der Waals surface area contributed by atoms with E-state index in [1.165, 1.54) is 43.5 Å². The summed E-state index contributed by atoms with van der Waals surface area (Å²) in [5.74, 6) is 0. The maximum atomic E-state index is 2.38.